The molecule has 1 aromatic rings. The Morgan fingerprint density at radius 3 is 2.55 bits per heavy atom. The highest BCUT2D eigenvalue weighted by Gasteiger charge is 2.25. The summed E-state index contributed by atoms with van der Waals surface area (Å²) < 4.78 is 2.24. The number of nitrogens with zero attached hydrogens (tertiary/aromatic N) is 4. The van der Waals surface area contributed by atoms with Crippen LogP contribution in [0.3, 0.4) is 0 Å². The van der Waals surface area contributed by atoms with Crippen molar-refractivity contribution >= 4 is 0 Å². The Morgan fingerprint density at radius 2 is 2.05 bits per heavy atom. The van der Waals surface area contributed by atoms with Gasteiger partial charge in [0.15, 0.2) is 0 Å². The number of aromatic nitrogens is 2. The lowest BCUT2D eigenvalue weighted by Crippen LogP contribution is -2.45. The van der Waals surface area contributed by atoms with E-state index in [4.69, 9.17) is 5.73 Å². The Hall–Kier alpha value is -0.910. The quantitative estimate of drug-likeness (QED) is 0.746. The van der Waals surface area contributed by atoms with Crippen LogP contribution in [0.5, 0.6) is 0 Å². The minimum absolute atomic E-state index is 0.240. The molecule has 0 saturated carbocycles. The maximum absolute atomic E-state index is 6.08. The standard InChI is InChI=1S/C15H31N5/c1-6-8-19-12-17-10-15(19)14(9-16)20(7-2)13(3)11-18(4)5/h10,12-14H,6-9,11,16H2,1-5H3. The lowest BCUT2D eigenvalue weighted by molar-refractivity contribution is 0.126. The Bertz CT molecular complexity index is 374. The summed E-state index contributed by atoms with van der Waals surface area (Å²) >= 11 is 0. The summed E-state index contributed by atoms with van der Waals surface area (Å²) in [5.41, 5.74) is 7.32. The maximum atomic E-state index is 6.08. The summed E-state index contributed by atoms with van der Waals surface area (Å²) in [5.74, 6) is 0. The van der Waals surface area contributed by atoms with E-state index in [0.717, 1.165) is 26.1 Å². The molecule has 0 radical (unpaired) electrons. The molecule has 0 saturated heterocycles. The predicted molar refractivity (Wildman–Crippen MR) is 84.7 cm³/mol. The molecule has 5 heteroatoms. The van der Waals surface area contributed by atoms with Crippen LogP contribution in [0.25, 0.3) is 0 Å². The van der Waals surface area contributed by atoms with Crippen molar-refractivity contribution < 1.29 is 0 Å². The number of aryl methyl sites for hydroxylation is 1. The van der Waals surface area contributed by atoms with Crippen LogP contribution < -0.4 is 5.73 Å². The maximum Gasteiger partial charge on any atom is 0.0948 e. The van der Waals surface area contributed by atoms with Crippen molar-refractivity contribution in [3.8, 4) is 0 Å². The largest absolute Gasteiger partial charge is 0.333 e. The molecule has 1 rings (SSSR count). The number of imidazole rings is 1. The first-order valence-corrected chi connectivity index (χ1v) is 7.65. The van der Waals surface area contributed by atoms with Crippen LogP contribution >= 0.6 is 0 Å². The second-order valence-corrected chi connectivity index (χ2v) is 5.71. The predicted octanol–water partition coefficient (Wildman–Crippen LogP) is 1.56. The van der Waals surface area contributed by atoms with Gasteiger partial charge in [0, 0.05) is 31.9 Å². The molecule has 2 N–H and O–H groups in total. The lowest BCUT2D eigenvalue weighted by Gasteiger charge is -2.36. The fourth-order valence-corrected chi connectivity index (χ4v) is 2.93. The van der Waals surface area contributed by atoms with Gasteiger partial charge < -0.3 is 15.2 Å². The molecule has 1 aromatic heterocycles. The Kier molecular flexibility index (Phi) is 7.19. The van der Waals surface area contributed by atoms with Crippen molar-refractivity contribution in [2.24, 2.45) is 5.73 Å². The summed E-state index contributed by atoms with van der Waals surface area (Å²) in [7, 11) is 4.23. The van der Waals surface area contributed by atoms with Crippen molar-refractivity contribution in [2.75, 3.05) is 33.7 Å². The fraction of sp³-hybridized carbons (Fsp3) is 0.800. The van der Waals surface area contributed by atoms with Gasteiger partial charge in [0.1, 0.15) is 0 Å². The van der Waals surface area contributed by atoms with Gasteiger partial charge in [-0.15, -0.1) is 0 Å². The highest BCUT2D eigenvalue weighted by Crippen LogP contribution is 2.22. The van der Waals surface area contributed by atoms with Crippen LogP contribution in [-0.4, -0.2) is 59.1 Å². The van der Waals surface area contributed by atoms with Gasteiger partial charge in [0.25, 0.3) is 0 Å². The summed E-state index contributed by atoms with van der Waals surface area (Å²) in [6.07, 6.45) is 5.00. The molecule has 0 amide bonds. The molecular formula is C15H31N5. The molecule has 0 aliphatic heterocycles. The van der Waals surface area contributed by atoms with Gasteiger partial charge >= 0.3 is 0 Å². The molecule has 116 valence electrons. The number of rotatable bonds is 9. The third-order valence-electron chi connectivity index (χ3n) is 3.73. The SMILES string of the molecule is CCCn1cncc1C(CN)N(CC)C(C)CN(C)C. The molecular weight excluding hydrogens is 250 g/mol. The van der Waals surface area contributed by atoms with E-state index >= 15 is 0 Å². The second-order valence-electron chi connectivity index (χ2n) is 5.71. The van der Waals surface area contributed by atoms with Gasteiger partial charge in [-0.25, -0.2) is 4.98 Å². The van der Waals surface area contributed by atoms with Gasteiger partial charge in [-0.3, -0.25) is 4.90 Å². The summed E-state index contributed by atoms with van der Waals surface area (Å²) in [5, 5.41) is 0. The number of nitrogens with two attached hydrogens (primary N) is 1. The van der Waals surface area contributed by atoms with Gasteiger partial charge in [0.2, 0.25) is 0 Å². The molecule has 5 nitrogen and oxygen atoms in total. The minimum Gasteiger partial charge on any atom is -0.333 e. The molecule has 0 fully saturated rings. The average Bonchev–Trinajstić information content (AvgIpc) is 2.83. The van der Waals surface area contributed by atoms with E-state index in [9.17, 15) is 0 Å². The highest BCUT2D eigenvalue weighted by molar-refractivity contribution is 5.07. The molecule has 0 bridgehead atoms. The van der Waals surface area contributed by atoms with E-state index in [1.54, 1.807) is 0 Å². The zero-order chi connectivity index (χ0) is 15.1. The van der Waals surface area contributed by atoms with Crippen LogP contribution in [0.15, 0.2) is 12.5 Å². The third kappa shape index (κ3) is 4.30. The smallest absolute Gasteiger partial charge is 0.0948 e. The summed E-state index contributed by atoms with van der Waals surface area (Å²) in [6, 6.07) is 0.706. The van der Waals surface area contributed by atoms with E-state index in [1.807, 2.05) is 12.5 Å². The number of hydrogen-bond donors (Lipinski definition) is 1. The molecule has 0 aromatic carbocycles. The number of hydrogen-bond acceptors (Lipinski definition) is 4. The monoisotopic (exact) mass is 281 g/mol. The van der Waals surface area contributed by atoms with Crippen LogP contribution in [0.1, 0.15) is 38.9 Å². The van der Waals surface area contributed by atoms with Gasteiger partial charge in [-0.1, -0.05) is 13.8 Å². The zero-order valence-electron chi connectivity index (χ0n) is 13.7. The molecule has 2 atom stereocenters. The van der Waals surface area contributed by atoms with Gasteiger partial charge in [-0.2, -0.15) is 0 Å². The Balaban J connectivity index is 2.93. The van der Waals surface area contributed by atoms with Crippen LogP contribution in [0.4, 0.5) is 0 Å². The van der Waals surface area contributed by atoms with E-state index in [0.29, 0.717) is 12.6 Å². The van der Waals surface area contributed by atoms with E-state index in [-0.39, 0.29) is 6.04 Å². The first-order chi connectivity index (χ1) is 9.54. The molecule has 1 heterocycles. The highest BCUT2D eigenvalue weighted by atomic mass is 15.2. The summed E-state index contributed by atoms with van der Waals surface area (Å²) in [6.45, 7) is 10.3. The van der Waals surface area contributed by atoms with Gasteiger partial charge in [0.05, 0.1) is 18.1 Å². The molecule has 20 heavy (non-hydrogen) atoms. The Morgan fingerprint density at radius 1 is 1.35 bits per heavy atom. The normalized spacial score (nSPS) is 15.0. The first kappa shape index (κ1) is 17.1. The second kappa shape index (κ2) is 8.39. The average molecular weight is 281 g/mol. The van der Waals surface area contributed by atoms with Crippen molar-refractivity contribution in [3.63, 3.8) is 0 Å². The third-order valence-corrected chi connectivity index (χ3v) is 3.73. The van der Waals surface area contributed by atoms with Gasteiger partial charge in [-0.05, 0) is 34.0 Å². The van der Waals surface area contributed by atoms with Crippen molar-refractivity contribution in [2.45, 2.75) is 45.8 Å². The van der Waals surface area contributed by atoms with Crippen molar-refractivity contribution in [1.82, 2.24) is 19.4 Å². The zero-order valence-corrected chi connectivity index (χ0v) is 13.7. The van der Waals surface area contributed by atoms with Crippen molar-refractivity contribution in [1.29, 1.82) is 0 Å². The topological polar surface area (TPSA) is 50.3 Å². The van der Waals surface area contributed by atoms with Crippen LogP contribution in [0, 0.1) is 0 Å². The first-order valence-electron chi connectivity index (χ1n) is 7.65. The van der Waals surface area contributed by atoms with Crippen molar-refractivity contribution in [3.05, 3.63) is 18.2 Å². The minimum atomic E-state index is 0.240. The van der Waals surface area contributed by atoms with Crippen LogP contribution in [-0.2, 0) is 6.54 Å². The summed E-state index contributed by atoms with van der Waals surface area (Å²) in [4.78, 5) is 9.02. The molecule has 2 unspecified atom stereocenters. The molecule has 0 spiro atoms. The number of likely N-dealkylation sites (N-methyl/N-ethyl adjacent to an activating group) is 2. The lowest BCUT2D eigenvalue weighted by atomic mass is 10.1. The fourth-order valence-electron chi connectivity index (χ4n) is 2.93. The molecule has 0 aliphatic carbocycles. The Labute approximate surface area is 123 Å². The van der Waals surface area contributed by atoms with E-state index in [1.165, 1.54) is 5.69 Å². The van der Waals surface area contributed by atoms with E-state index in [2.05, 4.69) is 54.2 Å². The molecule has 0 aliphatic rings. The van der Waals surface area contributed by atoms with E-state index < -0.39 is 0 Å². The van der Waals surface area contributed by atoms with Crippen LogP contribution in [0.2, 0.25) is 0 Å².